The first-order valence-corrected chi connectivity index (χ1v) is 13.2. The first kappa shape index (κ1) is 17.5. The minimum atomic E-state index is -1.51. The second kappa shape index (κ2) is 6.91. The zero-order valence-electron chi connectivity index (χ0n) is 14.8. The molecule has 1 aromatic carbocycles. The minimum Gasteiger partial charge on any atom is -0.464 e. The van der Waals surface area contributed by atoms with Gasteiger partial charge in [0, 0.05) is 11.1 Å². The SMILES string of the molecule is Cc1ccc(-c2cc(-c3ccco3)c(C#N)c(S[Si](C)(C)C)n2)cc1. The van der Waals surface area contributed by atoms with E-state index in [0.717, 1.165) is 21.8 Å². The van der Waals surface area contributed by atoms with Gasteiger partial charge in [-0.3, -0.25) is 0 Å². The molecule has 0 aliphatic carbocycles. The molecule has 3 nitrogen and oxygen atoms in total. The van der Waals surface area contributed by atoms with Crippen molar-refractivity contribution in [3.63, 3.8) is 0 Å². The first-order valence-electron chi connectivity index (χ1n) is 8.12. The smallest absolute Gasteiger partial charge is 0.135 e. The fourth-order valence-electron chi connectivity index (χ4n) is 2.49. The van der Waals surface area contributed by atoms with E-state index in [9.17, 15) is 5.26 Å². The van der Waals surface area contributed by atoms with Gasteiger partial charge in [-0.15, -0.1) is 11.2 Å². The number of hydrogen-bond acceptors (Lipinski definition) is 4. The summed E-state index contributed by atoms with van der Waals surface area (Å²) in [5.41, 5.74) is 4.52. The molecule has 0 fully saturated rings. The van der Waals surface area contributed by atoms with Crippen molar-refractivity contribution in [1.82, 2.24) is 4.98 Å². The molecule has 0 bridgehead atoms. The molecular weight excluding hydrogens is 344 g/mol. The molecule has 2 aromatic heterocycles. The molecule has 0 aliphatic rings. The van der Waals surface area contributed by atoms with Gasteiger partial charge in [0.2, 0.25) is 0 Å². The summed E-state index contributed by atoms with van der Waals surface area (Å²) in [6.45, 7) is 8.83. The van der Waals surface area contributed by atoms with Gasteiger partial charge in [-0.2, -0.15) is 5.26 Å². The fourth-order valence-corrected chi connectivity index (χ4v) is 5.66. The number of nitrogens with zero attached hydrogens (tertiary/aromatic N) is 2. The first-order chi connectivity index (χ1) is 11.9. The number of hydrogen-bond donors (Lipinski definition) is 0. The number of aromatic nitrogens is 1. The Morgan fingerprint density at radius 1 is 1.12 bits per heavy atom. The number of rotatable bonds is 4. The van der Waals surface area contributed by atoms with Crippen LogP contribution in [-0.4, -0.2) is 12.2 Å². The van der Waals surface area contributed by atoms with E-state index in [1.54, 1.807) is 17.5 Å². The van der Waals surface area contributed by atoms with Crippen LogP contribution in [0.15, 0.2) is 58.2 Å². The van der Waals surface area contributed by atoms with Crippen molar-refractivity contribution in [3.05, 3.63) is 59.9 Å². The molecular formula is C20H20N2OSSi. The molecule has 0 unspecified atom stereocenters. The Bertz CT molecular complexity index is 920. The average Bonchev–Trinajstić information content (AvgIpc) is 3.07. The Morgan fingerprint density at radius 2 is 1.84 bits per heavy atom. The maximum absolute atomic E-state index is 9.76. The van der Waals surface area contributed by atoms with E-state index in [-0.39, 0.29) is 0 Å². The van der Waals surface area contributed by atoms with Gasteiger partial charge in [-0.1, -0.05) is 49.5 Å². The number of benzene rings is 1. The molecule has 0 spiro atoms. The molecule has 0 N–H and O–H groups in total. The Labute approximate surface area is 153 Å². The molecule has 0 saturated heterocycles. The highest BCUT2D eigenvalue weighted by Crippen LogP contribution is 2.37. The van der Waals surface area contributed by atoms with Crippen LogP contribution >= 0.6 is 11.2 Å². The van der Waals surface area contributed by atoms with E-state index in [2.05, 4.69) is 56.9 Å². The second-order valence-electron chi connectivity index (χ2n) is 6.90. The van der Waals surface area contributed by atoms with Crippen LogP contribution < -0.4 is 0 Å². The van der Waals surface area contributed by atoms with Gasteiger partial charge in [0.15, 0.2) is 0 Å². The monoisotopic (exact) mass is 364 g/mol. The maximum atomic E-state index is 9.76. The average molecular weight is 365 g/mol. The Hall–Kier alpha value is -2.29. The zero-order valence-corrected chi connectivity index (χ0v) is 16.6. The maximum Gasteiger partial charge on any atom is 0.135 e. The second-order valence-corrected chi connectivity index (χ2v) is 16.0. The van der Waals surface area contributed by atoms with Gasteiger partial charge in [-0.05, 0) is 25.1 Å². The summed E-state index contributed by atoms with van der Waals surface area (Å²) in [5.74, 6) is 0.699. The molecule has 0 aliphatic heterocycles. The predicted octanol–water partition coefficient (Wildman–Crippen LogP) is 6.12. The predicted molar refractivity (Wildman–Crippen MR) is 106 cm³/mol. The molecule has 0 radical (unpaired) electrons. The van der Waals surface area contributed by atoms with E-state index in [0.29, 0.717) is 11.3 Å². The number of furan rings is 1. The quantitative estimate of drug-likeness (QED) is 0.524. The van der Waals surface area contributed by atoms with E-state index in [1.807, 2.05) is 18.2 Å². The normalized spacial score (nSPS) is 11.3. The Balaban J connectivity index is 2.23. The third kappa shape index (κ3) is 4.04. The van der Waals surface area contributed by atoms with Crippen molar-refractivity contribution in [2.24, 2.45) is 0 Å². The van der Waals surface area contributed by atoms with Crippen LogP contribution in [-0.2, 0) is 0 Å². The third-order valence-corrected chi connectivity index (χ3v) is 7.15. The van der Waals surface area contributed by atoms with E-state index < -0.39 is 7.22 Å². The highest BCUT2D eigenvalue weighted by Gasteiger charge is 2.23. The lowest BCUT2D eigenvalue weighted by atomic mass is 10.0. The fraction of sp³-hybridized carbons (Fsp3) is 0.200. The molecule has 2 heterocycles. The lowest BCUT2D eigenvalue weighted by Gasteiger charge is -2.17. The standard InChI is InChI=1S/C20H20N2OSSi/c1-14-7-9-15(10-8-14)18-12-16(19-6-5-11-23-19)17(13-21)20(22-18)24-25(2,3)4/h5-12H,1-4H3. The summed E-state index contributed by atoms with van der Waals surface area (Å²) >= 11 is 1.74. The van der Waals surface area contributed by atoms with E-state index in [1.165, 1.54) is 5.56 Å². The molecule has 0 amide bonds. The van der Waals surface area contributed by atoms with Crippen LogP contribution in [0.25, 0.3) is 22.6 Å². The summed E-state index contributed by atoms with van der Waals surface area (Å²) < 4.78 is 5.58. The third-order valence-electron chi connectivity index (χ3n) is 3.63. The highest BCUT2D eigenvalue weighted by atomic mass is 32.4. The van der Waals surface area contributed by atoms with Gasteiger partial charge in [0.05, 0.1) is 17.5 Å². The minimum absolute atomic E-state index is 0.596. The summed E-state index contributed by atoms with van der Waals surface area (Å²) in [6.07, 6.45) is 1.63. The van der Waals surface area contributed by atoms with Crippen LogP contribution in [0.5, 0.6) is 0 Å². The van der Waals surface area contributed by atoms with Crippen LogP contribution in [0, 0.1) is 18.3 Å². The van der Waals surface area contributed by atoms with Crippen molar-refractivity contribution >= 4 is 18.4 Å². The number of pyridine rings is 1. The van der Waals surface area contributed by atoms with E-state index in [4.69, 9.17) is 9.40 Å². The van der Waals surface area contributed by atoms with Gasteiger partial charge in [0.25, 0.3) is 0 Å². The molecule has 3 aromatic rings. The topological polar surface area (TPSA) is 49.8 Å². The zero-order chi connectivity index (χ0) is 18.0. The number of nitriles is 1. The Kier molecular flexibility index (Phi) is 4.84. The summed E-state index contributed by atoms with van der Waals surface area (Å²) in [4.78, 5) is 4.83. The summed E-state index contributed by atoms with van der Waals surface area (Å²) in [6, 6.07) is 16.3. The number of aryl methyl sites for hydroxylation is 1. The van der Waals surface area contributed by atoms with Gasteiger partial charge in [-0.25, -0.2) is 4.98 Å². The van der Waals surface area contributed by atoms with Crippen LogP contribution in [0.2, 0.25) is 19.6 Å². The molecule has 25 heavy (non-hydrogen) atoms. The lowest BCUT2D eigenvalue weighted by Crippen LogP contribution is -2.15. The van der Waals surface area contributed by atoms with Crippen molar-refractivity contribution in [2.45, 2.75) is 31.6 Å². The van der Waals surface area contributed by atoms with E-state index >= 15 is 0 Å². The molecule has 0 saturated carbocycles. The van der Waals surface area contributed by atoms with Crippen LogP contribution in [0.3, 0.4) is 0 Å². The highest BCUT2D eigenvalue weighted by molar-refractivity contribution is 8.28. The van der Waals surface area contributed by atoms with Crippen molar-refractivity contribution in [1.29, 1.82) is 5.26 Å². The molecule has 126 valence electrons. The van der Waals surface area contributed by atoms with Crippen molar-refractivity contribution < 1.29 is 4.42 Å². The molecule has 3 rings (SSSR count). The van der Waals surface area contributed by atoms with Gasteiger partial charge < -0.3 is 4.42 Å². The summed E-state index contributed by atoms with van der Waals surface area (Å²) in [5, 5.41) is 10.6. The summed E-state index contributed by atoms with van der Waals surface area (Å²) in [7, 11) is -1.51. The van der Waals surface area contributed by atoms with Crippen molar-refractivity contribution in [2.75, 3.05) is 0 Å². The Morgan fingerprint density at radius 3 is 2.40 bits per heavy atom. The molecule has 0 atom stereocenters. The lowest BCUT2D eigenvalue weighted by molar-refractivity contribution is 0.582. The largest absolute Gasteiger partial charge is 0.464 e. The van der Waals surface area contributed by atoms with Crippen LogP contribution in [0.4, 0.5) is 0 Å². The van der Waals surface area contributed by atoms with Gasteiger partial charge in [0.1, 0.15) is 24.1 Å². The van der Waals surface area contributed by atoms with Crippen LogP contribution in [0.1, 0.15) is 11.1 Å². The van der Waals surface area contributed by atoms with Gasteiger partial charge >= 0.3 is 0 Å². The molecule has 5 heteroatoms. The van der Waals surface area contributed by atoms with Crippen molar-refractivity contribution in [3.8, 4) is 28.7 Å².